The van der Waals surface area contributed by atoms with Gasteiger partial charge in [0.2, 0.25) is 0 Å². The first-order valence-corrected chi connectivity index (χ1v) is 6.13. The Morgan fingerprint density at radius 3 is 2.56 bits per heavy atom. The number of anilines is 1. The van der Waals surface area contributed by atoms with Crippen molar-refractivity contribution in [3.63, 3.8) is 0 Å². The van der Waals surface area contributed by atoms with Crippen molar-refractivity contribution in [1.82, 2.24) is 9.88 Å². The molecule has 0 radical (unpaired) electrons. The Hall–Kier alpha value is -1.62. The van der Waals surface area contributed by atoms with Gasteiger partial charge in [-0.25, -0.2) is 4.98 Å². The molecular weight excluding hydrogens is 230 g/mol. The van der Waals surface area contributed by atoms with Gasteiger partial charge in [0, 0.05) is 40.0 Å². The highest BCUT2D eigenvalue weighted by atomic mass is 16.3. The van der Waals surface area contributed by atoms with Crippen molar-refractivity contribution in [2.75, 3.05) is 38.7 Å². The normalized spacial score (nSPS) is 10.2. The van der Waals surface area contributed by atoms with Crippen LogP contribution in [-0.4, -0.2) is 54.7 Å². The maximum absolute atomic E-state index is 11.7. The van der Waals surface area contributed by atoms with Gasteiger partial charge in [-0.15, -0.1) is 0 Å². The number of rotatable bonds is 6. The van der Waals surface area contributed by atoms with E-state index in [1.807, 2.05) is 13.0 Å². The maximum atomic E-state index is 11.7. The molecule has 0 spiro atoms. The van der Waals surface area contributed by atoms with Crippen LogP contribution in [0.25, 0.3) is 0 Å². The quantitative estimate of drug-likeness (QED) is 0.819. The fourth-order valence-corrected chi connectivity index (χ4v) is 1.65. The Balaban J connectivity index is 2.77. The minimum absolute atomic E-state index is 0.0487. The zero-order valence-electron chi connectivity index (χ0n) is 11.3. The van der Waals surface area contributed by atoms with Crippen molar-refractivity contribution in [3.05, 3.63) is 23.9 Å². The molecule has 0 atom stereocenters. The van der Waals surface area contributed by atoms with Crippen LogP contribution in [0.4, 0.5) is 5.82 Å². The first-order valence-electron chi connectivity index (χ1n) is 6.13. The fraction of sp³-hybridized carbons (Fsp3) is 0.538. The Labute approximate surface area is 108 Å². The Morgan fingerprint density at radius 2 is 2.11 bits per heavy atom. The van der Waals surface area contributed by atoms with Gasteiger partial charge in [-0.2, -0.15) is 0 Å². The zero-order chi connectivity index (χ0) is 13.5. The smallest absolute Gasteiger partial charge is 0.254 e. The van der Waals surface area contributed by atoms with E-state index in [4.69, 9.17) is 5.11 Å². The van der Waals surface area contributed by atoms with Gasteiger partial charge in [-0.3, -0.25) is 4.79 Å². The number of carbonyl (C=O) groups is 1. The molecule has 0 aliphatic rings. The minimum atomic E-state index is -0.0487. The van der Waals surface area contributed by atoms with E-state index in [0.717, 1.165) is 18.9 Å². The first-order chi connectivity index (χ1) is 8.60. The van der Waals surface area contributed by atoms with Crippen LogP contribution < -0.4 is 4.90 Å². The van der Waals surface area contributed by atoms with Crippen LogP contribution in [0.15, 0.2) is 18.3 Å². The van der Waals surface area contributed by atoms with Crippen LogP contribution in [0.3, 0.4) is 0 Å². The van der Waals surface area contributed by atoms with E-state index < -0.39 is 0 Å². The predicted octanol–water partition coefficient (Wildman–Crippen LogP) is 0.992. The van der Waals surface area contributed by atoms with E-state index in [0.29, 0.717) is 12.0 Å². The summed E-state index contributed by atoms with van der Waals surface area (Å²) in [6.07, 6.45) is 2.31. The molecule has 0 unspecified atom stereocenters. The summed E-state index contributed by atoms with van der Waals surface area (Å²) >= 11 is 0. The summed E-state index contributed by atoms with van der Waals surface area (Å²) in [6.45, 7) is 3.81. The van der Waals surface area contributed by atoms with Crippen LogP contribution >= 0.6 is 0 Å². The molecule has 0 bridgehead atoms. The second kappa shape index (κ2) is 6.96. The van der Waals surface area contributed by atoms with E-state index in [1.165, 1.54) is 4.90 Å². The lowest BCUT2D eigenvalue weighted by molar-refractivity contribution is 0.0827. The third-order valence-corrected chi connectivity index (χ3v) is 2.69. The summed E-state index contributed by atoms with van der Waals surface area (Å²) in [5.74, 6) is 0.786. The second-order valence-electron chi connectivity index (χ2n) is 4.26. The predicted molar refractivity (Wildman–Crippen MR) is 71.8 cm³/mol. The number of aliphatic hydroxyl groups is 1. The molecule has 1 aromatic rings. The van der Waals surface area contributed by atoms with Crippen molar-refractivity contribution in [2.45, 2.75) is 13.3 Å². The summed E-state index contributed by atoms with van der Waals surface area (Å²) in [7, 11) is 3.44. The third-order valence-electron chi connectivity index (χ3n) is 2.69. The van der Waals surface area contributed by atoms with Gasteiger partial charge >= 0.3 is 0 Å². The van der Waals surface area contributed by atoms with E-state index in [1.54, 1.807) is 26.4 Å². The highest BCUT2D eigenvalue weighted by Crippen LogP contribution is 2.12. The van der Waals surface area contributed by atoms with Gasteiger partial charge in [0.15, 0.2) is 0 Å². The molecule has 0 aliphatic carbocycles. The number of hydrogen-bond donors (Lipinski definition) is 1. The van der Waals surface area contributed by atoms with E-state index >= 15 is 0 Å². The van der Waals surface area contributed by atoms with E-state index in [-0.39, 0.29) is 12.5 Å². The summed E-state index contributed by atoms with van der Waals surface area (Å²) in [4.78, 5) is 19.6. The largest absolute Gasteiger partial charge is 0.396 e. The van der Waals surface area contributed by atoms with Gasteiger partial charge in [0.1, 0.15) is 5.82 Å². The van der Waals surface area contributed by atoms with E-state index in [2.05, 4.69) is 9.88 Å². The van der Waals surface area contributed by atoms with Crippen LogP contribution in [0.1, 0.15) is 23.7 Å². The average molecular weight is 251 g/mol. The van der Waals surface area contributed by atoms with Crippen molar-refractivity contribution >= 4 is 11.7 Å². The Morgan fingerprint density at radius 1 is 1.39 bits per heavy atom. The van der Waals surface area contributed by atoms with Crippen LogP contribution in [0.5, 0.6) is 0 Å². The number of aliphatic hydroxyl groups excluding tert-OH is 1. The number of carbonyl (C=O) groups excluding carboxylic acids is 1. The molecule has 1 aromatic heterocycles. The monoisotopic (exact) mass is 251 g/mol. The van der Waals surface area contributed by atoms with Gasteiger partial charge < -0.3 is 14.9 Å². The first kappa shape index (κ1) is 14.4. The molecule has 18 heavy (non-hydrogen) atoms. The molecule has 1 N–H and O–H groups in total. The van der Waals surface area contributed by atoms with E-state index in [9.17, 15) is 4.79 Å². The summed E-state index contributed by atoms with van der Waals surface area (Å²) in [5.41, 5.74) is 0.585. The standard InChI is InChI=1S/C13H21N3O2/c1-4-16(8-5-9-17)12-7-6-11(10-14-12)13(18)15(2)3/h6-7,10,17H,4-5,8-9H2,1-3H3. The SMILES string of the molecule is CCN(CCCO)c1ccc(C(=O)N(C)C)cn1. The highest BCUT2D eigenvalue weighted by molar-refractivity contribution is 5.93. The van der Waals surface area contributed by atoms with Crippen LogP contribution in [-0.2, 0) is 0 Å². The van der Waals surface area contributed by atoms with Gasteiger partial charge in [-0.1, -0.05) is 0 Å². The highest BCUT2D eigenvalue weighted by Gasteiger charge is 2.10. The summed E-state index contributed by atoms with van der Waals surface area (Å²) in [6, 6.07) is 3.63. The Bertz CT molecular complexity index is 376. The maximum Gasteiger partial charge on any atom is 0.254 e. The fourth-order valence-electron chi connectivity index (χ4n) is 1.65. The molecular formula is C13H21N3O2. The number of hydrogen-bond acceptors (Lipinski definition) is 4. The molecule has 0 saturated carbocycles. The van der Waals surface area contributed by atoms with Crippen molar-refractivity contribution in [2.24, 2.45) is 0 Å². The molecule has 0 saturated heterocycles. The molecule has 5 heteroatoms. The molecule has 5 nitrogen and oxygen atoms in total. The molecule has 1 heterocycles. The number of pyridine rings is 1. The lowest BCUT2D eigenvalue weighted by Crippen LogP contribution is -2.26. The molecule has 0 aromatic carbocycles. The number of aromatic nitrogens is 1. The lowest BCUT2D eigenvalue weighted by Gasteiger charge is -2.21. The van der Waals surface area contributed by atoms with Gasteiger partial charge in [-0.05, 0) is 25.5 Å². The molecule has 0 fully saturated rings. The van der Waals surface area contributed by atoms with Crippen LogP contribution in [0, 0.1) is 0 Å². The topological polar surface area (TPSA) is 56.7 Å². The van der Waals surface area contributed by atoms with Crippen molar-refractivity contribution in [3.8, 4) is 0 Å². The second-order valence-corrected chi connectivity index (χ2v) is 4.26. The lowest BCUT2D eigenvalue weighted by atomic mass is 10.2. The third kappa shape index (κ3) is 3.70. The summed E-state index contributed by atoms with van der Waals surface area (Å²) in [5, 5.41) is 8.84. The molecule has 1 rings (SSSR count). The Kier molecular flexibility index (Phi) is 5.58. The van der Waals surface area contributed by atoms with Gasteiger partial charge in [0.05, 0.1) is 5.56 Å². The molecule has 100 valence electrons. The van der Waals surface area contributed by atoms with Crippen LogP contribution in [0.2, 0.25) is 0 Å². The summed E-state index contributed by atoms with van der Waals surface area (Å²) < 4.78 is 0. The number of amides is 1. The minimum Gasteiger partial charge on any atom is -0.396 e. The van der Waals surface area contributed by atoms with Crippen molar-refractivity contribution < 1.29 is 9.90 Å². The average Bonchev–Trinajstić information content (AvgIpc) is 2.39. The number of nitrogens with zero attached hydrogens (tertiary/aromatic N) is 3. The molecule has 0 aliphatic heterocycles. The molecule has 1 amide bonds. The van der Waals surface area contributed by atoms with Crippen molar-refractivity contribution in [1.29, 1.82) is 0 Å². The van der Waals surface area contributed by atoms with Gasteiger partial charge in [0.25, 0.3) is 5.91 Å². The zero-order valence-corrected chi connectivity index (χ0v) is 11.3.